The predicted molar refractivity (Wildman–Crippen MR) is 73.2 cm³/mol. The number of carbonyl (C=O) groups excluding carboxylic acids is 1. The summed E-state index contributed by atoms with van der Waals surface area (Å²) in [6.07, 6.45) is 3.69. The molecule has 3 atom stereocenters. The van der Waals surface area contributed by atoms with Crippen molar-refractivity contribution >= 4 is 27.7 Å². The van der Waals surface area contributed by atoms with Crippen LogP contribution < -0.4 is 10.6 Å². The summed E-state index contributed by atoms with van der Waals surface area (Å²) in [4.78, 5) is 16.5. The van der Waals surface area contributed by atoms with Crippen LogP contribution in [-0.2, 0) is 4.79 Å². The van der Waals surface area contributed by atoms with Crippen LogP contribution in [0.25, 0.3) is 0 Å². The molecule has 1 aromatic heterocycles. The third-order valence-corrected chi connectivity index (χ3v) is 4.44. The van der Waals surface area contributed by atoms with Crippen LogP contribution in [0.1, 0.15) is 19.3 Å². The summed E-state index contributed by atoms with van der Waals surface area (Å²) in [5.41, 5.74) is 0. The van der Waals surface area contributed by atoms with Crippen molar-refractivity contribution in [2.45, 2.75) is 25.3 Å². The van der Waals surface area contributed by atoms with E-state index in [2.05, 4.69) is 31.5 Å². The minimum absolute atomic E-state index is 0.0433. The molecule has 3 rings (SSSR count). The van der Waals surface area contributed by atoms with E-state index in [9.17, 15) is 4.79 Å². The fourth-order valence-electron chi connectivity index (χ4n) is 3.16. The summed E-state index contributed by atoms with van der Waals surface area (Å²) in [6.45, 7) is 0.981. The summed E-state index contributed by atoms with van der Waals surface area (Å²) >= 11 is 3.30. The van der Waals surface area contributed by atoms with Crippen LogP contribution in [0.15, 0.2) is 22.8 Å². The second-order valence-electron chi connectivity index (χ2n) is 5.08. The van der Waals surface area contributed by atoms with Gasteiger partial charge in [0.2, 0.25) is 5.91 Å². The van der Waals surface area contributed by atoms with Crippen LogP contribution in [0.2, 0.25) is 0 Å². The second kappa shape index (κ2) is 4.97. The van der Waals surface area contributed by atoms with Gasteiger partial charge in [-0.15, -0.1) is 0 Å². The molecule has 2 fully saturated rings. The van der Waals surface area contributed by atoms with Crippen LogP contribution in [-0.4, -0.2) is 23.5 Å². The van der Waals surface area contributed by atoms with E-state index in [-0.39, 0.29) is 11.9 Å². The molecule has 2 heterocycles. The molecule has 96 valence electrons. The molecule has 1 aromatic rings. The number of amides is 1. The number of rotatable bonds is 2. The smallest absolute Gasteiger partial charge is 0.242 e. The highest BCUT2D eigenvalue weighted by Crippen LogP contribution is 2.37. The maximum atomic E-state index is 12.2. The van der Waals surface area contributed by atoms with Crippen molar-refractivity contribution in [2.24, 2.45) is 11.8 Å². The van der Waals surface area contributed by atoms with Crippen molar-refractivity contribution in [1.82, 2.24) is 10.3 Å². The summed E-state index contributed by atoms with van der Waals surface area (Å²) in [6, 6.07) is 5.48. The first kappa shape index (κ1) is 12.1. The third kappa shape index (κ3) is 2.29. The summed E-state index contributed by atoms with van der Waals surface area (Å²) < 4.78 is 0.735. The van der Waals surface area contributed by atoms with Crippen molar-refractivity contribution in [3.8, 4) is 0 Å². The van der Waals surface area contributed by atoms with E-state index in [1.807, 2.05) is 18.2 Å². The molecule has 1 saturated heterocycles. The van der Waals surface area contributed by atoms with Gasteiger partial charge in [0.15, 0.2) is 0 Å². The van der Waals surface area contributed by atoms with Gasteiger partial charge in [-0.3, -0.25) is 4.79 Å². The van der Waals surface area contributed by atoms with Gasteiger partial charge in [0, 0.05) is 0 Å². The van der Waals surface area contributed by atoms with Crippen LogP contribution in [0, 0.1) is 11.8 Å². The van der Waals surface area contributed by atoms with E-state index >= 15 is 0 Å². The van der Waals surface area contributed by atoms with Gasteiger partial charge in [0.05, 0.1) is 6.04 Å². The number of nitrogens with zero attached hydrogens (tertiary/aromatic N) is 1. The van der Waals surface area contributed by atoms with Crippen molar-refractivity contribution in [3.05, 3.63) is 22.8 Å². The van der Waals surface area contributed by atoms with Crippen molar-refractivity contribution in [2.75, 3.05) is 11.9 Å². The van der Waals surface area contributed by atoms with Crippen LogP contribution in [0.5, 0.6) is 0 Å². The number of fused-ring (bicyclic) bond motifs is 1. The molecule has 0 spiro atoms. The zero-order chi connectivity index (χ0) is 12.5. The molecule has 1 saturated carbocycles. The molecule has 0 radical (unpaired) electrons. The Kier molecular flexibility index (Phi) is 3.35. The summed E-state index contributed by atoms with van der Waals surface area (Å²) in [5.74, 6) is 1.86. The van der Waals surface area contributed by atoms with Gasteiger partial charge in [-0.2, -0.15) is 0 Å². The van der Waals surface area contributed by atoms with Gasteiger partial charge in [0.1, 0.15) is 10.4 Å². The molecule has 1 amide bonds. The van der Waals surface area contributed by atoms with Gasteiger partial charge in [-0.05, 0) is 59.3 Å². The van der Waals surface area contributed by atoms with E-state index < -0.39 is 0 Å². The first-order valence-electron chi connectivity index (χ1n) is 6.41. The minimum Gasteiger partial charge on any atom is -0.309 e. The monoisotopic (exact) mass is 309 g/mol. The summed E-state index contributed by atoms with van der Waals surface area (Å²) in [5, 5.41) is 6.24. The molecule has 0 bridgehead atoms. The molecule has 0 aromatic carbocycles. The molecular formula is C13H16BrN3O. The van der Waals surface area contributed by atoms with Crippen LogP contribution in [0.4, 0.5) is 5.82 Å². The topological polar surface area (TPSA) is 54.0 Å². The number of nitrogens with one attached hydrogen (secondary N) is 2. The number of hydrogen-bond acceptors (Lipinski definition) is 3. The van der Waals surface area contributed by atoms with Gasteiger partial charge >= 0.3 is 0 Å². The average Bonchev–Trinajstić information content (AvgIpc) is 2.89. The summed E-state index contributed by atoms with van der Waals surface area (Å²) in [7, 11) is 0. The van der Waals surface area contributed by atoms with Crippen molar-refractivity contribution in [3.63, 3.8) is 0 Å². The van der Waals surface area contributed by atoms with Crippen LogP contribution in [0.3, 0.4) is 0 Å². The van der Waals surface area contributed by atoms with Gasteiger partial charge in [-0.1, -0.05) is 12.5 Å². The van der Waals surface area contributed by atoms with Gasteiger partial charge in [-0.25, -0.2) is 4.98 Å². The molecular weight excluding hydrogens is 294 g/mol. The number of pyridine rings is 1. The second-order valence-corrected chi connectivity index (χ2v) is 5.89. The van der Waals surface area contributed by atoms with Crippen LogP contribution >= 0.6 is 15.9 Å². The lowest BCUT2D eigenvalue weighted by molar-refractivity contribution is -0.118. The molecule has 5 heteroatoms. The zero-order valence-corrected chi connectivity index (χ0v) is 11.6. The number of halogens is 1. The minimum atomic E-state index is -0.0433. The molecule has 1 aliphatic heterocycles. The fraction of sp³-hybridized carbons (Fsp3) is 0.538. The Labute approximate surface area is 115 Å². The average molecular weight is 310 g/mol. The van der Waals surface area contributed by atoms with Crippen molar-refractivity contribution < 1.29 is 4.79 Å². The maximum Gasteiger partial charge on any atom is 0.242 e. The standard InChI is InChI=1S/C13H16BrN3O/c14-10-5-2-6-11(16-10)17-13(18)12-9-4-1-3-8(9)7-15-12/h2,5-6,8-9,12,15H,1,3-4,7H2,(H,16,17,18). The molecule has 3 unspecified atom stereocenters. The highest BCUT2D eigenvalue weighted by atomic mass is 79.9. The van der Waals surface area contributed by atoms with E-state index in [4.69, 9.17) is 0 Å². The van der Waals surface area contributed by atoms with Gasteiger partial charge in [0.25, 0.3) is 0 Å². The first-order chi connectivity index (χ1) is 8.74. The molecule has 4 nitrogen and oxygen atoms in total. The molecule has 2 N–H and O–H groups in total. The van der Waals surface area contributed by atoms with E-state index in [0.29, 0.717) is 17.7 Å². The quantitative estimate of drug-likeness (QED) is 0.823. The molecule has 2 aliphatic rings. The van der Waals surface area contributed by atoms with Crippen molar-refractivity contribution in [1.29, 1.82) is 0 Å². The Morgan fingerprint density at radius 2 is 2.33 bits per heavy atom. The zero-order valence-electron chi connectivity index (χ0n) is 10.0. The largest absolute Gasteiger partial charge is 0.309 e. The first-order valence-corrected chi connectivity index (χ1v) is 7.20. The van der Waals surface area contributed by atoms with E-state index in [1.165, 1.54) is 19.3 Å². The van der Waals surface area contributed by atoms with E-state index in [0.717, 1.165) is 11.1 Å². The number of carbonyl (C=O) groups is 1. The normalized spacial score (nSPS) is 30.2. The Morgan fingerprint density at radius 1 is 1.44 bits per heavy atom. The number of hydrogen-bond donors (Lipinski definition) is 2. The number of anilines is 1. The molecule has 1 aliphatic carbocycles. The lowest BCUT2D eigenvalue weighted by Crippen LogP contribution is -2.39. The van der Waals surface area contributed by atoms with E-state index in [1.54, 1.807) is 0 Å². The third-order valence-electron chi connectivity index (χ3n) is 3.99. The maximum absolute atomic E-state index is 12.2. The lowest BCUT2D eigenvalue weighted by Gasteiger charge is -2.17. The fourth-order valence-corrected chi connectivity index (χ4v) is 3.50. The lowest BCUT2D eigenvalue weighted by atomic mass is 9.94. The van der Waals surface area contributed by atoms with Gasteiger partial charge < -0.3 is 10.6 Å². The Hall–Kier alpha value is -0.940. The highest BCUT2D eigenvalue weighted by Gasteiger charge is 2.42. The SMILES string of the molecule is O=C(Nc1cccc(Br)n1)C1NCC2CCCC21. The molecule has 18 heavy (non-hydrogen) atoms. The predicted octanol–water partition coefficient (Wildman–Crippen LogP) is 2.17. The number of aromatic nitrogens is 1. The highest BCUT2D eigenvalue weighted by molar-refractivity contribution is 9.10. The Morgan fingerprint density at radius 3 is 3.17 bits per heavy atom. The Bertz CT molecular complexity index is 465. The Balaban J connectivity index is 1.68.